The van der Waals surface area contributed by atoms with Gasteiger partial charge in [0.15, 0.2) is 5.96 Å². The molecule has 0 aliphatic carbocycles. The third-order valence-corrected chi connectivity index (χ3v) is 3.92. The molecule has 0 aliphatic rings. The first-order valence-corrected chi connectivity index (χ1v) is 9.00. The number of aromatic nitrogens is 2. The van der Waals surface area contributed by atoms with E-state index in [9.17, 15) is 13.2 Å². The number of hydrogen-bond donors (Lipinski definition) is 2. The standard InChI is InChI=1S/C19H26F3N5O.HI/c1-14-11-15(2)27(26-14)17-8-5-4-7-16(17)12-25-18(23-3)24-9-6-10-28-13-19(20,21)22;/h4-5,7-8,11H,6,9-10,12-13H2,1-3H3,(H2,23,24,25);1H. The predicted molar refractivity (Wildman–Crippen MR) is 118 cm³/mol. The zero-order valence-corrected chi connectivity index (χ0v) is 19.0. The largest absolute Gasteiger partial charge is 0.411 e. The van der Waals surface area contributed by atoms with Crippen molar-refractivity contribution in [2.24, 2.45) is 4.99 Å². The maximum absolute atomic E-state index is 12.0. The van der Waals surface area contributed by atoms with Gasteiger partial charge in [0.25, 0.3) is 0 Å². The third kappa shape index (κ3) is 8.60. The van der Waals surface area contributed by atoms with Gasteiger partial charge in [-0.05, 0) is 38.0 Å². The molecule has 0 unspecified atom stereocenters. The van der Waals surface area contributed by atoms with E-state index in [1.807, 2.05) is 48.9 Å². The molecular formula is C19H27F3IN5O. The van der Waals surface area contributed by atoms with Crippen LogP contribution in [-0.4, -0.2) is 48.7 Å². The lowest BCUT2D eigenvalue weighted by molar-refractivity contribution is -0.173. The van der Waals surface area contributed by atoms with Crippen molar-refractivity contribution in [1.82, 2.24) is 20.4 Å². The van der Waals surface area contributed by atoms with E-state index in [0.29, 0.717) is 25.5 Å². The van der Waals surface area contributed by atoms with Crippen LogP contribution in [0.2, 0.25) is 0 Å². The number of benzene rings is 1. The molecule has 0 aliphatic heterocycles. The number of nitrogens with zero attached hydrogens (tertiary/aromatic N) is 3. The van der Waals surface area contributed by atoms with Crippen LogP contribution in [0.3, 0.4) is 0 Å². The Kier molecular flexibility index (Phi) is 10.4. The molecule has 2 rings (SSSR count). The number of aryl methyl sites for hydroxylation is 2. The van der Waals surface area contributed by atoms with Gasteiger partial charge in [0, 0.05) is 32.4 Å². The van der Waals surface area contributed by atoms with Crippen molar-refractivity contribution < 1.29 is 17.9 Å². The van der Waals surface area contributed by atoms with Crippen LogP contribution in [0.4, 0.5) is 13.2 Å². The van der Waals surface area contributed by atoms with Crippen LogP contribution < -0.4 is 10.6 Å². The van der Waals surface area contributed by atoms with E-state index in [-0.39, 0.29) is 30.6 Å². The van der Waals surface area contributed by atoms with Crippen molar-refractivity contribution in [2.45, 2.75) is 33.0 Å². The molecule has 0 radical (unpaired) electrons. The van der Waals surface area contributed by atoms with E-state index in [0.717, 1.165) is 22.6 Å². The minimum absolute atomic E-state index is 0. The van der Waals surface area contributed by atoms with Gasteiger partial charge in [0.05, 0.1) is 11.4 Å². The van der Waals surface area contributed by atoms with Gasteiger partial charge in [-0.3, -0.25) is 4.99 Å². The highest BCUT2D eigenvalue weighted by Crippen LogP contribution is 2.17. The molecule has 6 nitrogen and oxygen atoms in total. The van der Waals surface area contributed by atoms with Gasteiger partial charge in [0.1, 0.15) is 6.61 Å². The zero-order chi connectivity index (χ0) is 20.6. The summed E-state index contributed by atoms with van der Waals surface area (Å²) in [6.45, 7) is 3.75. The average Bonchev–Trinajstić information content (AvgIpc) is 2.98. The summed E-state index contributed by atoms with van der Waals surface area (Å²) in [5.74, 6) is 0.569. The minimum Gasteiger partial charge on any atom is -0.372 e. The summed E-state index contributed by atoms with van der Waals surface area (Å²) < 4.78 is 42.5. The SMILES string of the molecule is CN=C(NCCCOCC(F)(F)F)NCc1ccccc1-n1nc(C)cc1C.I. The van der Waals surface area contributed by atoms with Gasteiger partial charge >= 0.3 is 6.18 Å². The lowest BCUT2D eigenvalue weighted by Crippen LogP contribution is -2.37. The summed E-state index contributed by atoms with van der Waals surface area (Å²) in [5, 5.41) is 10.8. The van der Waals surface area contributed by atoms with Crippen molar-refractivity contribution in [3.05, 3.63) is 47.3 Å². The van der Waals surface area contributed by atoms with Gasteiger partial charge in [0.2, 0.25) is 0 Å². The second-order valence-corrected chi connectivity index (χ2v) is 6.34. The maximum Gasteiger partial charge on any atom is 0.411 e. The van der Waals surface area contributed by atoms with Gasteiger partial charge in [-0.1, -0.05) is 18.2 Å². The number of ether oxygens (including phenoxy) is 1. The highest BCUT2D eigenvalue weighted by molar-refractivity contribution is 14.0. The van der Waals surface area contributed by atoms with Crippen molar-refractivity contribution in [3.63, 3.8) is 0 Å². The normalized spacial score (nSPS) is 11.9. The highest BCUT2D eigenvalue weighted by atomic mass is 127. The number of guanidine groups is 1. The Labute approximate surface area is 185 Å². The molecule has 162 valence electrons. The molecule has 0 bridgehead atoms. The fraction of sp³-hybridized carbons (Fsp3) is 0.474. The van der Waals surface area contributed by atoms with E-state index < -0.39 is 12.8 Å². The first kappa shape index (κ1) is 25.2. The topological polar surface area (TPSA) is 63.5 Å². The molecule has 0 fully saturated rings. The van der Waals surface area contributed by atoms with Crippen LogP contribution in [0, 0.1) is 13.8 Å². The Hall–Kier alpha value is -1.82. The third-order valence-electron chi connectivity index (χ3n) is 3.92. The smallest absolute Gasteiger partial charge is 0.372 e. The quantitative estimate of drug-likeness (QED) is 0.239. The van der Waals surface area contributed by atoms with E-state index in [2.05, 4.69) is 25.5 Å². The number of rotatable bonds is 8. The van der Waals surface area contributed by atoms with Gasteiger partial charge < -0.3 is 15.4 Å². The fourth-order valence-electron chi connectivity index (χ4n) is 2.71. The second-order valence-electron chi connectivity index (χ2n) is 6.34. The first-order chi connectivity index (χ1) is 13.3. The molecule has 0 amide bonds. The Balaban J connectivity index is 0.00000420. The molecule has 2 aromatic rings. The zero-order valence-electron chi connectivity index (χ0n) is 16.7. The Morgan fingerprint density at radius 1 is 1.21 bits per heavy atom. The van der Waals surface area contributed by atoms with Crippen LogP contribution in [0.5, 0.6) is 0 Å². The number of nitrogens with one attached hydrogen (secondary N) is 2. The van der Waals surface area contributed by atoms with Crippen LogP contribution in [0.1, 0.15) is 23.4 Å². The van der Waals surface area contributed by atoms with Crippen LogP contribution >= 0.6 is 24.0 Å². The number of para-hydroxylation sites is 1. The Morgan fingerprint density at radius 2 is 1.93 bits per heavy atom. The molecule has 0 saturated heterocycles. The molecular weight excluding hydrogens is 498 g/mol. The fourth-order valence-corrected chi connectivity index (χ4v) is 2.71. The van der Waals surface area contributed by atoms with Crippen molar-refractivity contribution in [2.75, 3.05) is 26.8 Å². The number of hydrogen-bond acceptors (Lipinski definition) is 3. The maximum atomic E-state index is 12.0. The van der Waals surface area contributed by atoms with Crippen molar-refractivity contribution in [3.8, 4) is 5.69 Å². The van der Waals surface area contributed by atoms with Crippen molar-refractivity contribution >= 4 is 29.9 Å². The van der Waals surface area contributed by atoms with E-state index in [1.54, 1.807) is 7.05 Å². The second kappa shape index (κ2) is 12.0. The molecule has 2 N–H and O–H groups in total. The summed E-state index contributed by atoms with van der Waals surface area (Å²) in [6, 6.07) is 9.96. The minimum atomic E-state index is -4.29. The molecule has 1 heterocycles. The Morgan fingerprint density at radius 3 is 2.55 bits per heavy atom. The van der Waals surface area contributed by atoms with Crippen LogP contribution in [0.15, 0.2) is 35.3 Å². The predicted octanol–water partition coefficient (Wildman–Crippen LogP) is 3.74. The molecule has 1 aromatic carbocycles. The lowest BCUT2D eigenvalue weighted by Gasteiger charge is -2.15. The van der Waals surface area contributed by atoms with E-state index >= 15 is 0 Å². The van der Waals surface area contributed by atoms with E-state index in [4.69, 9.17) is 0 Å². The lowest BCUT2D eigenvalue weighted by atomic mass is 10.1. The first-order valence-electron chi connectivity index (χ1n) is 9.00. The van der Waals surface area contributed by atoms with E-state index in [1.165, 1.54) is 0 Å². The summed E-state index contributed by atoms with van der Waals surface area (Å²) in [6.07, 6.45) is -3.84. The Bertz CT molecular complexity index is 792. The van der Waals surface area contributed by atoms with Crippen LogP contribution in [-0.2, 0) is 11.3 Å². The summed E-state index contributed by atoms with van der Waals surface area (Å²) in [5.41, 5.74) is 4.03. The molecule has 0 spiro atoms. The highest BCUT2D eigenvalue weighted by Gasteiger charge is 2.27. The molecule has 0 atom stereocenters. The average molecular weight is 525 g/mol. The van der Waals surface area contributed by atoms with Crippen molar-refractivity contribution in [1.29, 1.82) is 0 Å². The monoisotopic (exact) mass is 525 g/mol. The molecule has 1 aromatic heterocycles. The molecule has 29 heavy (non-hydrogen) atoms. The van der Waals surface area contributed by atoms with Gasteiger partial charge in [-0.15, -0.1) is 24.0 Å². The number of alkyl halides is 3. The van der Waals surface area contributed by atoms with Crippen LogP contribution in [0.25, 0.3) is 5.69 Å². The summed E-state index contributed by atoms with van der Waals surface area (Å²) >= 11 is 0. The molecule has 0 saturated carbocycles. The number of aliphatic imine (C=N–C) groups is 1. The number of halogens is 4. The summed E-state index contributed by atoms with van der Waals surface area (Å²) in [4.78, 5) is 4.14. The van der Waals surface area contributed by atoms with Gasteiger partial charge in [-0.2, -0.15) is 18.3 Å². The van der Waals surface area contributed by atoms with Gasteiger partial charge in [-0.25, -0.2) is 4.68 Å². The summed E-state index contributed by atoms with van der Waals surface area (Å²) in [7, 11) is 1.64. The molecule has 10 heteroatoms.